The zero-order valence-corrected chi connectivity index (χ0v) is 13.5. The van der Waals surface area contributed by atoms with Crippen LogP contribution in [0.25, 0.3) is 0 Å². The van der Waals surface area contributed by atoms with Crippen LogP contribution in [0.2, 0.25) is 0 Å². The van der Waals surface area contributed by atoms with E-state index in [1.807, 2.05) is 0 Å². The zero-order valence-electron chi connectivity index (χ0n) is 12.7. The van der Waals surface area contributed by atoms with Gasteiger partial charge in [0.2, 0.25) is 5.91 Å². The minimum Gasteiger partial charge on any atom is -0.343 e. The van der Waals surface area contributed by atoms with Gasteiger partial charge in [-0.15, -0.1) is 12.4 Å². The number of Topliss-reactive ketones (excluding diaryl/α,β-unsaturated/α-hetero) is 1. The Morgan fingerprint density at radius 1 is 1.18 bits per heavy atom. The van der Waals surface area contributed by atoms with Crippen LogP contribution in [0.3, 0.4) is 0 Å². The predicted molar refractivity (Wildman–Crippen MR) is 85.9 cm³/mol. The summed E-state index contributed by atoms with van der Waals surface area (Å²) in [5.74, 6) is -0.493. The summed E-state index contributed by atoms with van der Waals surface area (Å²) in [4.78, 5) is 25.8. The Morgan fingerprint density at radius 2 is 1.77 bits per heavy atom. The van der Waals surface area contributed by atoms with Crippen LogP contribution in [0.5, 0.6) is 0 Å². The van der Waals surface area contributed by atoms with E-state index >= 15 is 0 Å². The van der Waals surface area contributed by atoms with Gasteiger partial charge in [0, 0.05) is 31.5 Å². The van der Waals surface area contributed by atoms with Crippen molar-refractivity contribution in [1.82, 2.24) is 10.2 Å². The Hall–Kier alpha value is -1.46. The summed E-state index contributed by atoms with van der Waals surface area (Å²) < 4.78 is 12.8. The number of carbonyl (C=O) groups excluding carboxylic acids is 2. The minimum absolute atomic E-state index is 0. The Balaban J connectivity index is 0.00000242. The number of hydrogen-bond donors (Lipinski definition) is 1. The van der Waals surface area contributed by atoms with Gasteiger partial charge in [0.05, 0.1) is 0 Å². The van der Waals surface area contributed by atoms with Crippen LogP contribution in [0.1, 0.15) is 36.0 Å². The third-order valence-corrected chi connectivity index (χ3v) is 3.98. The molecule has 1 aromatic carbocycles. The molecule has 4 nitrogen and oxygen atoms in total. The number of nitrogens with one attached hydrogen (secondary N) is 1. The SMILES string of the molecule is CN(C(=O)CCC(=O)c1ccc(F)cc1)C1CCNCC1.Cl. The van der Waals surface area contributed by atoms with Crippen LogP contribution in [0.15, 0.2) is 24.3 Å². The van der Waals surface area contributed by atoms with Crippen LogP contribution in [-0.2, 0) is 4.79 Å². The number of ketones is 1. The maximum atomic E-state index is 12.8. The fourth-order valence-electron chi connectivity index (χ4n) is 2.57. The topological polar surface area (TPSA) is 49.4 Å². The molecule has 122 valence electrons. The first kappa shape index (κ1) is 18.6. The van der Waals surface area contributed by atoms with E-state index in [-0.39, 0.29) is 48.8 Å². The van der Waals surface area contributed by atoms with Crippen molar-refractivity contribution in [3.8, 4) is 0 Å². The van der Waals surface area contributed by atoms with Gasteiger partial charge in [-0.2, -0.15) is 0 Å². The highest BCUT2D eigenvalue weighted by Gasteiger charge is 2.22. The first-order chi connectivity index (χ1) is 10.1. The van der Waals surface area contributed by atoms with Crippen molar-refractivity contribution in [3.63, 3.8) is 0 Å². The van der Waals surface area contributed by atoms with Gasteiger partial charge in [0.1, 0.15) is 5.82 Å². The van der Waals surface area contributed by atoms with Crippen molar-refractivity contribution in [2.75, 3.05) is 20.1 Å². The molecule has 0 saturated carbocycles. The van der Waals surface area contributed by atoms with E-state index in [2.05, 4.69) is 5.32 Å². The summed E-state index contributed by atoms with van der Waals surface area (Å²) in [6.45, 7) is 1.85. The first-order valence-electron chi connectivity index (χ1n) is 7.33. The molecule has 1 amide bonds. The van der Waals surface area contributed by atoms with Crippen LogP contribution >= 0.6 is 12.4 Å². The fourth-order valence-corrected chi connectivity index (χ4v) is 2.57. The number of amides is 1. The summed E-state index contributed by atoms with van der Waals surface area (Å²) >= 11 is 0. The number of halogens is 2. The van der Waals surface area contributed by atoms with E-state index in [0.717, 1.165) is 25.9 Å². The average Bonchev–Trinajstić information content (AvgIpc) is 2.53. The maximum Gasteiger partial charge on any atom is 0.223 e. The largest absolute Gasteiger partial charge is 0.343 e. The molecule has 1 heterocycles. The van der Waals surface area contributed by atoms with E-state index in [9.17, 15) is 14.0 Å². The highest BCUT2D eigenvalue weighted by molar-refractivity contribution is 5.97. The Labute approximate surface area is 136 Å². The second-order valence-corrected chi connectivity index (χ2v) is 5.42. The lowest BCUT2D eigenvalue weighted by Crippen LogP contribution is -2.44. The maximum absolute atomic E-state index is 12.8. The lowest BCUT2D eigenvalue weighted by Gasteiger charge is -2.31. The molecule has 0 bridgehead atoms. The molecule has 1 aromatic rings. The molecule has 0 aliphatic carbocycles. The normalized spacial score (nSPS) is 15.0. The van der Waals surface area contributed by atoms with E-state index in [1.54, 1.807) is 11.9 Å². The molecule has 0 aromatic heterocycles. The third-order valence-electron chi connectivity index (χ3n) is 3.98. The molecule has 1 aliphatic heterocycles. The molecule has 1 saturated heterocycles. The number of piperidine rings is 1. The van der Waals surface area contributed by atoms with Gasteiger partial charge in [0.25, 0.3) is 0 Å². The lowest BCUT2D eigenvalue weighted by atomic mass is 10.0. The molecular weight excluding hydrogens is 307 g/mol. The Morgan fingerprint density at radius 3 is 2.36 bits per heavy atom. The highest BCUT2D eigenvalue weighted by Crippen LogP contribution is 2.13. The number of carbonyl (C=O) groups is 2. The summed E-state index contributed by atoms with van der Waals surface area (Å²) in [6.07, 6.45) is 2.28. The van der Waals surface area contributed by atoms with Gasteiger partial charge in [-0.05, 0) is 50.2 Å². The zero-order chi connectivity index (χ0) is 15.2. The molecule has 0 atom stereocenters. The van der Waals surface area contributed by atoms with Crippen LogP contribution < -0.4 is 5.32 Å². The van der Waals surface area contributed by atoms with Crippen molar-refractivity contribution >= 4 is 24.1 Å². The summed E-state index contributed by atoms with van der Waals surface area (Å²) in [6, 6.07) is 5.70. The standard InChI is InChI=1S/C16H21FN2O2.ClH/c1-19(14-8-10-18-11-9-14)16(21)7-6-15(20)12-2-4-13(17)5-3-12;/h2-5,14,18H,6-11H2,1H3;1H. The molecule has 0 spiro atoms. The first-order valence-corrected chi connectivity index (χ1v) is 7.33. The quantitative estimate of drug-likeness (QED) is 0.845. The van der Waals surface area contributed by atoms with E-state index < -0.39 is 0 Å². The number of hydrogen-bond acceptors (Lipinski definition) is 3. The molecular formula is C16H22ClFN2O2. The highest BCUT2D eigenvalue weighted by atomic mass is 35.5. The molecule has 0 radical (unpaired) electrons. The Kier molecular flexibility index (Phi) is 7.48. The van der Waals surface area contributed by atoms with Gasteiger partial charge >= 0.3 is 0 Å². The second-order valence-electron chi connectivity index (χ2n) is 5.42. The molecule has 1 aliphatic rings. The monoisotopic (exact) mass is 328 g/mol. The smallest absolute Gasteiger partial charge is 0.223 e. The van der Waals surface area contributed by atoms with Crippen molar-refractivity contribution < 1.29 is 14.0 Å². The van der Waals surface area contributed by atoms with E-state index in [4.69, 9.17) is 0 Å². The number of rotatable bonds is 5. The summed E-state index contributed by atoms with van der Waals surface area (Å²) in [5, 5.41) is 3.26. The van der Waals surface area contributed by atoms with Gasteiger partial charge in [-0.25, -0.2) is 4.39 Å². The Bertz CT molecular complexity index is 501. The molecule has 1 fully saturated rings. The van der Waals surface area contributed by atoms with Crippen LogP contribution in [0, 0.1) is 5.82 Å². The molecule has 1 N–H and O–H groups in total. The van der Waals surface area contributed by atoms with Crippen molar-refractivity contribution in [2.45, 2.75) is 31.7 Å². The number of nitrogens with zero attached hydrogens (tertiary/aromatic N) is 1. The molecule has 6 heteroatoms. The van der Waals surface area contributed by atoms with E-state index in [0.29, 0.717) is 5.56 Å². The van der Waals surface area contributed by atoms with Gasteiger partial charge in [0.15, 0.2) is 5.78 Å². The number of benzene rings is 1. The third kappa shape index (κ3) is 5.07. The van der Waals surface area contributed by atoms with Gasteiger partial charge in [-0.3, -0.25) is 9.59 Å². The minimum atomic E-state index is -0.367. The van der Waals surface area contributed by atoms with Crippen molar-refractivity contribution in [2.24, 2.45) is 0 Å². The molecule has 22 heavy (non-hydrogen) atoms. The van der Waals surface area contributed by atoms with Crippen LogP contribution in [0.4, 0.5) is 4.39 Å². The van der Waals surface area contributed by atoms with Crippen molar-refractivity contribution in [1.29, 1.82) is 0 Å². The lowest BCUT2D eigenvalue weighted by molar-refractivity contribution is -0.132. The van der Waals surface area contributed by atoms with Gasteiger partial charge < -0.3 is 10.2 Å². The molecule has 0 unspecified atom stereocenters. The predicted octanol–water partition coefficient (Wildman–Crippen LogP) is 2.42. The van der Waals surface area contributed by atoms with E-state index in [1.165, 1.54) is 24.3 Å². The van der Waals surface area contributed by atoms with Gasteiger partial charge in [-0.1, -0.05) is 0 Å². The average molecular weight is 329 g/mol. The fraction of sp³-hybridized carbons (Fsp3) is 0.500. The summed E-state index contributed by atoms with van der Waals surface area (Å²) in [7, 11) is 1.81. The second kappa shape index (κ2) is 8.86. The van der Waals surface area contributed by atoms with Crippen molar-refractivity contribution in [3.05, 3.63) is 35.6 Å². The molecule has 2 rings (SSSR count). The van der Waals surface area contributed by atoms with Crippen LogP contribution in [-0.4, -0.2) is 42.8 Å². The summed E-state index contributed by atoms with van der Waals surface area (Å²) in [5.41, 5.74) is 0.453.